The molecule has 0 saturated heterocycles. The van der Waals surface area contributed by atoms with Crippen molar-refractivity contribution in [2.75, 3.05) is 0 Å². The quantitative estimate of drug-likeness (QED) is 0.312. The zero-order valence-electron chi connectivity index (χ0n) is 17.0. The minimum atomic E-state index is 1.21. The molecule has 0 aliphatic rings. The number of H-pyrrole nitrogens is 1. The van der Waals surface area contributed by atoms with E-state index >= 15 is 0 Å². The number of unbranched alkanes of at least 4 members (excludes halogenated alkanes) is 9. The molecule has 3 aromatic rings. The van der Waals surface area contributed by atoms with Crippen LogP contribution in [0.5, 0.6) is 0 Å². The minimum absolute atomic E-state index is 1.21. The monoisotopic (exact) mass is 361 g/mol. The van der Waals surface area contributed by atoms with Crippen LogP contribution >= 0.6 is 0 Å². The van der Waals surface area contributed by atoms with Crippen molar-refractivity contribution in [1.29, 1.82) is 0 Å². The molecule has 144 valence electrons. The molecule has 27 heavy (non-hydrogen) atoms. The molecule has 2 aromatic carbocycles. The average molecular weight is 362 g/mol. The fourth-order valence-electron chi connectivity index (χ4n) is 3.90. The third-order valence-electron chi connectivity index (χ3n) is 5.61. The maximum Gasteiger partial charge on any atom is 0.0464 e. The molecule has 3 rings (SSSR count). The topological polar surface area (TPSA) is 15.8 Å². The summed E-state index contributed by atoms with van der Waals surface area (Å²) in [5, 5.41) is 1.28. The Morgan fingerprint density at radius 3 is 1.96 bits per heavy atom. The van der Waals surface area contributed by atoms with E-state index in [9.17, 15) is 0 Å². The lowest BCUT2D eigenvalue weighted by atomic mass is 10.0. The van der Waals surface area contributed by atoms with E-state index in [-0.39, 0.29) is 0 Å². The molecular weight excluding hydrogens is 326 g/mol. The first kappa shape index (κ1) is 19.7. The first-order valence-electron chi connectivity index (χ1n) is 11.0. The highest BCUT2D eigenvalue weighted by Gasteiger charge is 2.03. The van der Waals surface area contributed by atoms with Crippen LogP contribution < -0.4 is 0 Å². The van der Waals surface area contributed by atoms with E-state index in [1.807, 2.05) is 0 Å². The number of aromatic nitrogens is 1. The van der Waals surface area contributed by atoms with E-state index in [2.05, 4.69) is 66.5 Å². The molecular formula is C26H35N. The van der Waals surface area contributed by atoms with E-state index in [0.29, 0.717) is 0 Å². The summed E-state index contributed by atoms with van der Waals surface area (Å²) in [5.41, 5.74) is 5.16. The van der Waals surface area contributed by atoms with Gasteiger partial charge in [-0.2, -0.15) is 0 Å². The van der Waals surface area contributed by atoms with Crippen molar-refractivity contribution >= 4 is 10.9 Å². The predicted octanol–water partition coefficient (Wildman–Crippen LogP) is 8.30. The number of aromatic amines is 1. The Labute approximate surface area is 165 Å². The highest BCUT2D eigenvalue weighted by atomic mass is 14.7. The van der Waals surface area contributed by atoms with Gasteiger partial charge in [-0.05, 0) is 36.1 Å². The summed E-state index contributed by atoms with van der Waals surface area (Å²) in [4.78, 5) is 3.52. The molecule has 0 unspecified atom stereocenters. The molecule has 1 heteroatoms. The van der Waals surface area contributed by atoms with Gasteiger partial charge in [-0.1, -0.05) is 107 Å². The number of aryl methyl sites for hydroxylation is 1. The van der Waals surface area contributed by atoms with E-state index in [1.54, 1.807) is 0 Å². The molecule has 0 spiro atoms. The Kier molecular flexibility index (Phi) is 8.02. The third kappa shape index (κ3) is 6.27. The molecule has 1 nitrogen and oxygen atoms in total. The SMILES string of the molecule is CCCCCCCCCCCCc1ccc(-c2cc3ccccc3[nH]2)cc1. The van der Waals surface area contributed by atoms with Crippen LogP contribution in [0.1, 0.15) is 76.7 Å². The largest absolute Gasteiger partial charge is 0.355 e. The van der Waals surface area contributed by atoms with Gasteiger partial charge in [0.2, 0.25) is 0 Å². The van der Waals surface area contributed by atoms with Gasteiger partial charge in [0, 0.05) is 16.6 Å². The van der Waals surface area contributed by atoms with Gasteiger partial charge in [0.15, 0.2) is 0 Å². The second-order valence-corrected chi connectivity index (χ2v) is 7.90. The predicted molar refractivity (Wildman–Crippen MR) is 119 cm³/mol. The maximum atomic E-state index is 3.52. The van der Waals surface area contributed by atoms with Crippen molar-refractivity contribution < 1.29 is 0 Å². The molecule has 0 amide bonds. The zero-order chi connectivity index (χ0) is 18.7. The summed E-state index contributed by atoms with van der Waals surface area (Å²) >= 11 is 0. The minimum Gasteiger partial charge on any atom is -0.355 e. The zero-order valence-corrected chi connectivity index (χ0v) is 17.0. The Hall–Kier alpha value is -2.02. The molecule has 1 N–H and O–H groups in total. The molecule has 0 saturated carbocycles. The lowest BCUT2D eigenvalue weighted by Crippen LogP contribution is -1.87. The smallest absolute Gasteiger partial charge is 0.0464 e. The first-order chi connectivity index (χ1) is 13.4. The summed E-state index contributed by atoms with van der Waals surface area (Å²) in [6.07, 6.45) is 15.2. The van der Waals surface area contributed by atoms with Gasteiger partial charge in [-0.15, -0.1) is 0 Å². The number of rotatable bonds is 12. The Bertz CT molecular complexity index is 748. The fourth-order valence-corrected chi connectivity index (χ4v) is 3.90. The highest BCUT2D eigenvalue weighted by Crippen LogP contribution is 2.24. The second-order valence-electron chi connectivity index (χ2n) is 7.90. The van der Waals surface area contributed by atoms with Gasteiger partial charge < -0.3 is 4.98 Å². The van der Waals surface area contributed by atoms with E-state index in [0.717, 1.165) is 0 Å². The van der Waals surface area contributed by atoms with Gasteiger partial charge >= 0.3 is 0 Å². The normalized spacial score (nSPS) is 11.3. The van der Waals surface area contributed by atoms with Gasteiger partial charge in [0.05, 0.1) is 0 Å². The molecule has 1 aromatic heterocycles. The van der Waals surface area contributed by atoms with Crippen molar-refractivity contribution in [3.05, 3.63) is 60.2 Å². The van der Waals surface area contributed by atoms with E-state index in [4.69, 9.17) is 0 Å². The lowest BCUT2D eigenvalue weighted by Gasteiger charge is -2.04. The Morgan fingerprint density at radius 1 is 0.667 bits per heavy atom. The highest BCUT2D eigenvalue weighted by molar-refractivity contribution is 5.85. The van der Waals surface area contributed by atoms with Gasteiger partial charge in [-0.3, -0.25) is 0 Å². The summed E-state index contributed by atoms with van der Waals surface area (Å²) in [7, 11) is 0. The summed E-state index contributed by atoms with van der Waals surface area (Å²) in [5.74, 6) is 0. The first-order valence-corrected chi connectivity index (χ1v) is 11.0. The van der Waals surface area contributed by atoms with Crippen LogP contribution in [0.2, 0.25) is 0 Å². The molecule has 1 heterocycles. The number of hydrogen-bond acceptors (Lipinski definition) is 0. The number of para-hydroxylation sites is 1. The Balaban J connectivity index is 1.35. The van der Waals surface area contributed by atoms with Crippen molar-refractivity contribution in [3.8, 4) is 11.3 Å². The van der Waals surface area contributed by atoms with Crippen LogP contribution in [-0.4, -0.2) is 4.98 Å². The van der Waals surface area contributed by atoms with E-state index < -0.39 is 0 Å². The van der Waals surface area contributed by atoms with Crippen molar-refractivity contribution in [2.45, 2.75) is 77.6 Å². The average Bonchev–Trinajstić information content (AvgIpc) is 3.14. The Morgan fingerprint density at radius 2 is 1.30 bits per heavy atom. The molecule has 0 aliphatic heterocycles. The van der Waals surface area contributed by atoms with Crippen LogP contribution in [0.15, 0.2) is 54.6 Å². The number of hydrogen-bond donors (Lipinski definition) is 1. The third-order valence-corrected chi connectivity index (χ3v) is 5.61. The fraction of sp³-hybridized carbons (Fsp3) is 0.462. The standard InChI is InChI=1S/C26H35N/c1-2-3-4-5-6-7-8-9-10-11-14-22-17-19-23(20-18-22)26-21-24-15-12-13-16-25(24)27-26/h12-13,15-21,27H,2-11,14H2,1H3. The van der Waals surface area contributed by atoms with Crippen molar-refractivity contribution in [2.24, 2.45) is 0 Å². The van der Waals surface area contributed by atoms with Crippen LogP contribution in [-0.2, 0) is 6.42 Å². The van der Waals surface area contributed by atoms with Crippen molar-refractivity contribution in [3.63, 3.8) is 0 Å². The van der Waals surface area contributed by atoms with Crippen LogP contribution in [0.3, 0.4) is 0 Å². The second kappa shape index (κ2) is 11.0. The van der Waals surface area contributed by atoms with Crippen LogP contribution in [0.25, 0.3) is 22.2 Å². The van der Waals surface area contributed by atoms with Gasteiger partial charge in [0.1, 0.15) is 0 Å². The van der Waals surface area contributed by atoms with Crippen molar-refractivity contribution in [1.82, 2.24) is 4.98 Å². The molecule has 0 aliphatic carbocycles. The summed E-state index contributed by atoms with van der Waals surface area (Å²) in [6, 6.07) is 19.8. The molecule has 0 atom stereocenters. The van der Waals surface area contributed by atoms with Crippen LogP contribution in [0, 0.1) is 0 Å². The number of fused-ring (bicyclic) bond motifs is 1. The molecule has 0 fully saturated rings. The van der Waals surface area contributed by atoms with Crippen LogP contribution in [0.4, 0.5) is 0 Å². The lowest BCUT2D eigenvalue weighted by molar-refractivity contribution is 0.556. The van der Waals surface area contributed by atoms with Gasteiger partial charge in [-0.25, -0.2) is 0 Å². The molecule has 0 bridgehead atoms. The summed E-state index contributed by atoms with van der Waals surface area (Å²) in [6.45, 7) is 2.29. The summed E-state index contributed by atoms with van der Waals surface area (Å²) < 4.78 is 0. The van der Waals surface area contributed by atoms with Gasteiger partial charge in [0.25, 0.3) is 0 Å². The maximum absolute atomic E-state index is 3.52. The van der Waals surface area contributed by atoms with E-state index in [1.165, 1.54) is 98.4 Å². The molecule has 0 radical (unpaired) electrons. The number of benzene rings is 2. The number of nitrogens with one attached hydrogen (secondary N) is 1.